The summed E-state index contributed by atoms with van der Waals surface area (Å²) in [6.45, 7) is 2.81. The first-order chi connectivity index (χ1) is 7.81. The van der Waals surface area contributed by atoms with Crippen LogP contribution in [0.15, 0.2) is 0 Å². The molecule has 1 unspecified atom stereocenters. The fraction of sp³-hybridized carbons (Fsp3) is 0.900. The summed E-state index contributed by atoms with van der Waals surface area (Å²) in [6, 6.07) is -0.769. The minimum Gasteiger partial charge on any atom is -0.338 e. The third kappa shape index (κ3) is 5.76. The summed E-state index contributed by atoms with van der Waals surface area (Å²) in [7, 11) is 0. The molecule has 7 heteroatoms. The molecule has 1 heterocycles. The number of piperidine rings is 1. The average molecular weight is 253 g/mol. The Morgan fingerprint density at radius 1 is 1.41 bits per heavy atom. The van der Waals surface area contributed by atoms with Crippen LogP contribution in [-0.4, -0.2) is 38.4 Å². The van der Waals surface area contributed by atoms with Crippen molar-refractivity contribution in [3.05, 3.63) is 0 Å². The lowest BCUT2D eigenvalue weighted by Gasteiger charge is -2.34. The van der Waals surface area contributed by atoms with Crippen molar-refractivity contribution in [1.29, 1.82) is 0 Å². The molecule has 4 nitrogen and oxygen atoms in total. The molecule has 0 radical (unpaired) electrons. The lowest BCUT2D eigenvalue weighted by Crippen LogP contribution is -2.49. The largest absolute Gasteiger partial charge is 0.405 e. The molecule has 0 aromatic rings. The Hall–Kier alpha value is -0.980. The van der Waals surface area contributed by atoms with Gasteiger partial charge in [0.05, 0.1) is 0 Å². The van der Waals surface area contributed by atoms with Gasteiger partial charge in [-0.1, -0.05) is 6.92 Å². The second-order valence-corrected chi connectivity index (χ2v) is 4.74. The zero-order valence-corrected chi connectivity index (χ0v) is 9.78. The maximum atomic E-state index is 11.8. The molecule has 0 aromatic heterocycles. The standard InChI is InChI=1S/C10H18F3N3O/c1-9(3-2-4-14-5-9)6-15-8(17)16-7-10(11,12)13/h14H,2-7H2,1H3,(H2,15,16,17). The Morgan fingerprint density at radius 3 is 2.65 bits per heavy atom. The first kappa shape index (κ1) is 14.1. The van der Waals surface area contributed by atoms with Crippen molar-refractivity contribution < 1.29 is 18.0 Å². The van der Waals surface area contributed by atoms with Gasteiger partial charge in [-0.05, 0) is 24.8 Å². The predicted octanol–water partition coefficient (Wildman–Crippen LogP) is 1.24. The minimum atomic E-state index is -4.37. The predicted molar refractivity (Wildman–Crippen MR) is 57.7 cm³/mol. The van der Waals surface area contributed by atoms with Gasteiger partial charge in [0.25, 0.3) is 0 Å². The Labute approximate surface area is 98.3 Å². The van der Waals surface area contributed by atoms with E-state index in [1.165, 1.54) is 0 Å². The van der Waals surface area contributed by atoms with Gasteiger partial charge in [-0.25, -0.2) is 4.79 Å². The Kier molecular flexibility index (Phi) is 4.62. The third-order valence-electron chi connectivity index (χ3n) is 2.81. The topological polar surface area (TPSA) is 53.2 Å². The van der Waals surface area contributed by atoms with Crippen molar-refractivity contribution in [3.8, 4) is 0 Å². The van der Waals surface area contributed by atoms with E-state index >= 15 is 0 Å². The van der Waals surface area contributed by atoms with Crippen LogP contribution >= 0.6 is 0 Å². The molecule has 0 aromatic carbocycles. The number of alkyl halides is 3. The van der Waals surface area contributed by atoms with Crippen LogP contribution < -0.4 is 16.0 Å². The van der Waals surface area contributed by atoms with E-state index in [2.05, 4.69) is 10.6 Å². The number of hydrogen-bond acceptors (Lipinski definition) is 2. The van der Waals surface area contributed by atoms with Gasteiger partial charge in [0.2, 0.25) is 0 Å². The summed E-state index contributed by atoms with van der Waals surface area (Å²) in [5, 5.41) is 7.46. The second kappa shape index (κ2) is 5.57. The smallest absolute Gasteiger partial charge is 0.338 e. The van der Waals surface area contributed by atoms with Gasteiger partial charge in [-0.3, -0.25) is 0 Å². The van der Waals surface area contributed by atoms with Gasteiger partial charge in [0.1, 0.15) is 6.54 Å². The minimum absolute atomic E-state index is 0.0756. The summed E-state index contributed by atoms with van der Waals surface area (Å²) < 4.78 is 35.5. The van der Waals surface area contributed by atoms with Crippen molar-refractivity contribution >= 4 is 6.03 Å². The highest BCUT2D eigenvalue weighted by Gasteiger charge is 2.29. The first-order valence-corrected chi connectivity index (χ1v) is 5.60. The maximum Gasteiger partial charge on any atom is 0.405 e. The Balaban J connectivity index is 2.23. The summed E-state index contributed by atoms with van der Waals surface area (Å²) in [4.78, 5) is 11.1. The monoisotopic (exact) mass is 253 g/mol. The maximum absolute atomic E-state index is 11.8. The lowest BCUT2D eigenvalue weighted by atomic mass is 9.83. The van der Waals surface area contributed by atoms with Gasteiger partial charge >= 0.3 is 12.2 Å². The molecular weight excluding hydrogens is 235 g/mol. The number of nitrogens with one attached hydrogen (secondary N) is 3. The van der Waals surface area contributed by atoms with Gasteiger partial charge in [-0.2, -0.15) is 13.2 Å². The van der Waals surface area contributed by atoms with E-state index in [-0.39, 0.29) is 5.41 Å². The van der Waals surface area contributed by atoms with Crippen LogP contribution in [-0.2, 0) is 0 Å². The average Bonchev–Trinajstić information content (AvgIpc) is 2.24. The second-order valence-electron chi connectivity index (χ2n) is 4.74. The SMILES string of the molecule is CC1(CNC(=O)NCC(F)(F)F)CCCNC1. The molecule has 1 fully saturated rings. The van der Waals surface area contributed by atoms with Gasteiger partial charge < -0.3 is 16.0 Å². The van der Waals surface area contributed by atoms with Crippen LogP contribution in [0.3, 0.4) is 0 Å². The number of halogens is 3. The van der Waals surface area contributed by atoms with Crippen molar-refractivity contribution in [2.45, 2.75) is 25.9 Å². The van der Waals surface area contributed by atoms with Crippen molar-refractivity contribution in [2.75, 3.05) is 26.2 Å². The van der Waals surface area contributed by atoms with E-state index in [1.54, 1.807) is 5.32 Å². The van der Waals surface area contributed by atoms with Crippen molar-refractivity contribution in [2.24, 2.45) is 5.41 Å². The van der Waals surface area contributed by atoms with E-state index in [0.29, 0.717) is 6.54 Å². The number of carbonyl (C=O) groups is 1. The van der Waals surface area contributed by atoms with E-state index in [1.807, 2.05) is 6.92 Å². The molecule has 3 N–H and O–H groups in total. The highest BCUT2D eigenvalue weighted by molar-refractivity contribution is 5.73. The molecule has 2 amide bonds. The van der Waals surface area contributed by atoms with Gasteiger partial charge in [0, 0.05) is 13.1 Å². The molecule has 1 rings (SSSR count). The highest BCUT2D eigenvalue weighted by Crippen LogP contribution is 2.24. The molecule has 1 aliphatic heterocycles. The molecule has 0 saturated carbocycles. The molecule has 17 heavy (non-hydrogen) atoms. The van der Waals surface area contributed by atoms with E-state index in [4.69, 9.17) is 0 Å². The Morgan fingerprint density at radius 2 is 2.12 bits per heavy atom. The fourth-order valence-electron chi connectivity index (χ4n) is 1.81. The van der Waals surface area contributed by atoms with E-state index < -0.39 is 18.8 Å². The summed E-state index contributed by atoms with van der Waals surface area (Å²) >= 11 is 0. The molecule has 1 atom stereocenters. The van der Waals surface area contributed by atoms with Crippen LogP contribution in [0.5, 0.6) is 0 Å². The van der Waals surface area contributed by atoms with Crippen LogP contribution in [0.1, 0.15) is 19.8 Å². The van der Waals surface area contributed by atoms with Crippen molar-refractivity contribution in [3.63, 3.8) is 0 Å². The first-order valence-electron chi connectivity index (χ1n) is 5.60. The van der Waals surface area contributed by atoms with Crippen molar-refractivity contribution in [1.82, 2.24) is 16.0 Å². The van der Waals surface area contributed by atoms with Crippen LogP contribution in [0, 0.1) is 5.41 Å². The van der Waals surface area contributed by atoms with E-state index in [9.17, 15) is 18.0 Å². The quantitative estimate of drug-likeness (QED) is 0.708. The molecule has 0 bridgehead atoms. The molecule has 1 aliphatic rings. The normalized spacial score (nSPS) is 25.4. The van der Waals surface area contributed by atoms with Crippen LogP contribution in [0.25, 0.3) is 0 Å². The fourth-order valence-corrected chi connectivity index (χ4v) is 1.81. The summed E-state index contributed by atoms with van der Waals surface area (Å²) in [5.41, 5.74) is -0.0756. The summed E-state index contributed by atoms with van der Waals surface area (Å²) in [5.74, 6) is 0. The number of rotatable bonds is 3. The molecule has 100 valence electrons. The van der Waals surface area contributed by atoms with Gasteiger partial charge in [0.15, 0.2) is 0 Å². The summed E-state index contributed by atoms with van der Waals surface area (Å²) in [6.07, 6.45) is -2.39. The molecular formula is C10H18F3N3O. The number of urea groups is 1. The lowest BCUT2D eigenvalue weighted by molar-refractivity contribution is -0.122. The third-order valence-corrected chi connectivity index (χ3v) is 2.81. The number of hydrogen-bond donors (Lipinski definition) is 3. The highest BCUT2D eigenvalue weighted by atomic mass is 19.4. The Bertz CT molecular complexity index is 262. The van der Waals surface area contributed by atoms with Gasteiger partial charge in [-0.15, -0.1) is 0 Å². The number of amides is 2. The number of carbonyl (C=O) groups excluding carboxylic acids is 1. The van der Waals surface area contributed by atoms with Crippen LogP contribution in [0.2, 0.25) is 0 Å². The van der Waals surface area contributed by atoms with Crippen LogP contribution in [0.4, 0.5) is 18.0 Å². The zero-order valence-electron chi connectivity index (χ0n) is 9.78. The molecule has 0 aliphatic carbocycles. The zero-order chi connectivity index (χ0) is 12.9. The van der Waals surface area contributed by atoms with E-state index in [0.717, 1.165) is 25.9 Å². The molecule has 1 saturated heterocycles. The molecule has 0 spiro atoms.